The predicted octanol–water partition coefficient (Wildman–Crippen LogP) is 0.992. The van der Waals surface area contributed by atoms with Crippen molar-refractivity contribution in [1.29, 1.82) is 0 Å². The SMILES string of the molecule is Fc1cnc(N2CC=CC2)nc1. The molecule has 0 N–H and O–H groups in total. The smallest absolute Gasteiger partial charge is 0.226 e. The van der Waals surface area contributed by atoms with Gasteiger partial charge in [-0.3, -0.25) is 0 Å². The highest BCUT2D eigenvalue weighted by atomic mass is 19.1. The van der Waals surface area contributed by atoms with Gasteiger partial charge in [0.15, 0.2) is 5.82 Å². The fraction of sp³-hybridized carbons (Fsp3) is 0.250. The van der Waals surface area contributed by atoms with Gasteiger partial charge in [0.05, 0.1) is 12.4 Å². The first-order chi connectivity index (χ1) is 5.86. The third-order valence-corrected chi connectivity index (χ3v) is 1.71. The predicted molar refractivity (Wildman–Crippen MR) is 43.3 cm³/mol. The normalized spacial score (nSPS) is 15.6. The zero-order chi connectivity index (χ0) is 8.39. The van der Waals surface area contributed by atoms with Crippen molar-refractivity contribution in [2.75, 3.05) is 18.0 Å². The quantitative estimate of drug-likeness (QED) is 0.581. The number of hydrogen-bond donors (Lipinski definition) is 0. The highest BCUT2D eigenvalue weighted by Crippen LogP contribution is 2.09. The van der Waals surface area contributed by atoms with Crippen molar-refractivity contribution in [3.05, 3.63) is 30.4 Å². The van der Waals surface area contributed by atoms with E-state index in [9.17, 15) is 4.39 Å². The largest absolute Gasteiger partial charge is 0.333 e. The van der Waals surface area contributed by atoms with Crippen LogP contribution in [0.15, 0.2) is 24.5 Å². The highest BCUT2D eigenvalue weighted by Gasteiger charge is 2.09. The summed E-state index contributed by atoms with van der Waals surface area (Å²) in [5.41, 5.74) is 0. The molecule has 0 spiro atoms. The van der Waals surface area contributed by atoms with Crippen molar-refractivity contribution < 1.29 is 4.39 Å². The minimum atomic E-state index is -0.397. The summed E-state index contributed by atoms with van der Waals surface area (Å²) in [6.45, 7) is 1.62. The summed E-state index contributed by atoms with van der Waals surface area (Å²) < 4.78 is 12.4. The van der Waals surface area contributed by atoms with Gasteiger partial charge in [0, 0.05) is 13.1 Å². The van der Waals surface area contributed by atoms with E-state index >= 15 is 0 Å². The molecule has 2 heterocycles. The second kappa shape index (κ2) is 2.89. The molecule has 2 rings (SSSR count). The van der Waals surface area contributed by atoms with E-state index < -0.39 is 5.82 Å². The lowest BCUT2D eigenvalue weighted by atomic mass is 10.6. The van der Waals surface area contributed by atoms with Crippen molar-refractivity contribution in [3.8, 4) is 0 Å². The Morgan fingerprint density at radius 1 is 1.17 bits per heavy atom. The first-order valence-electron chi connectivity index (χ1n) is 3.74. The average Bonchev–Trinajstić information content (AvgIpc) is 2.58. The molecule has 0 atom stereocenters. The zero-order valence-corrected chi connectivity index (χ0v) is 6.44. The van der Waals surface area contributed by atoms with Crippen molar-refractivity contribution in [2.24, 2.45) is 0 Å². The minimum Gasteiger partial charge on any atom is -0.333 e. The van der Waals surface area contributed by atoms with E-state index in [0.29, 0.717) is 5.95 Å². The Morgan fingerprint density at radius 3 is 2.33 bits per heavy atom. The first kappa shape index (κ1) is 7.21. The van der Waals surface area contributed by atoms with Crippen LogP contribution in [0.25, 0.3) is 0 Å². The van der Waals surface area contributed by atoms with E-state index in [1.165, 1.54) is 12.4 Å². The van der Waals surface area contributed by atoms with Gasteiger partial charge in [0.1, 0.15) is 0 Å². The molecule has 0 saturated carbocycles. The van der Waals surface area contributed by atoms with Crippen LogP contribution >= 0.6 is 0 Å². The van der Waals surface area contributed by atoms with Crippen LogP contribution in [0.4, 0.5) is 10.3 Å². The summed E-state index contributed by atoms with van der Waals surface area (Å²) in [6, 6.07) is 0. The Labute approximate surface area is 69.6 Å². The molecule has 0 aromatic carbocycles. The number of aromatic nitrogens is 2. The zero-order valence-electron chi connectivity index (χ0n) is 6.44. The molecule has 3 nitrogen and oxygen atoms in total. The standard InChI is InChI=1S/C8H8FN3/c9-7-5-10-8(11-6-7)12-3-1-2-4-12/h1-2,5-6H,3-4H2. The molecule has 1 aromatic heterocycles. The molecular formula is C8H8FN3. The molecule has 0 fully saturated rings. The molecule has 0 saturated heterocycles. The Bertz CT molecular complexity index is 286. The number of anilines is 1. The van der Waals surface area contributed by atoms with E-state index in [1.54, 1.807) is 0 Å². The van der Waals surface area contributed by atoms with Gasteiger partial charge in [-0.2, -0.15) is 0 Å². The van der Waals surface area contributed by atoms with Gasteiger partial charge in [-0.1, -0.05) is 12.2 Å². The van der Waals surface area contributed by atoms with Gasteiger partial charge >= 0.3 is 0 Å². The fourth-order valence-electron chi connectivity index (χ4n) is 1.11. The summed E-state index contributed by atoms with van der Waals surface area (Å²) in [4.78, 5) is 9.68. The molecule has 0 radical (unpaired) electrons. The number of halogens is 1. The van der Waals surface area contributed by atoms with Crippen LogP contribution in [0.5, 0.6) is 0 Å². The van der Waals surface area contributed by atoms with Crippen molar-refractivity contribution in [1.82, 2.24) is 9.97 Å². The van der Waals surface area contributed by atoms with Crippen LogP contribution in [-0.2, 0) is 0 Å². The highest BCUT2D eigenvalue weighted by molar-refractivity contribution is 5.34. The van der Waals surface area contributed by atoms with Crippen LogP contribution < -0.4 is 4.90 Å². The lowest BCUT2D eigenvalue weighted by Gasteiger charge is -2.13. The topological polar surface area (TPSA) is 29.0 Å². The van der Waals surface area contributed by atoms with Crippen LogP contribution in [0, 0.1) is 5.82 Å². The van der Waals surface area contributed by atoms with Gasteiger partial charge in [-0.15, -0.1) is 0 Å². The van der Waals surface area contributed by atoms with Crippen molar-refractivity contribution >= 4 is 5.95 Å². The summed E-state index contributed by atoms with van der Waals surface area (Å²) in [5.74, 6) is 0.187. The Morgan fingerprint density at radius 2 is 1.75 bits per heavy atom. The maximum Gasteiger partial charge on any atom is 0.226 e. The monoisotopic (exact) mass is 165 g/mol. The maximum absolute atomic E-state index is 12.4. The van der Waals surface area contributed by atoms with E-state index in [0.717, 1.165) is 13.1 Å². The molecule has 0 unspecified atom stereocenters. The molecule has 0 amide bonds. The number of rotatable bonds is 1. The first-order valence-corrected chi connectivity index (χ1v) is 3.74. The third-order valence-electron chi connectivity index (χ3n) is 1.71. The van der Waals surface area contributed by atoms with Crippen molar-refractivity contribution in [2.45, 2.75) is 0 Å². The van der Waals surface area contributed by atoms with E-state index in [4.69, 9.17) is 0 Å². The lowest BCUT2D eigenvalue weighted by molar-refractivity contribution is 0.612. The van der Waals surface area contributed by atoms with Gasteiger partial charge in [-0.05, 0) is 0 Å². The lowest BCUT2D eigenvalue weighted by Crippen LogP contribution is -2.20. The van der Waals surface area contributed by atoms with Crippen LogP contribution in [0.1, 0.15) is 0 Å². The third kappa shape index (κ3) is 1.28. The summed E-state index contributed by atoms with van der Waals surface area (Å²) in [7, 11) is 0. The molecular weight excluding hydrogens is 157 g/mol. The van der Waals surface area contributed by atoms with E-state index in [-0.39, 0.29) is 0 Å². The Hall–Kier alpha value is -1.45. The summed E-state index contributed by atoms with van der Waals surface area (Å²) in [6.07, 6.45) is 6.43. The average molecular weight is 165 g/mol. The van der Waals surface area contributed by atoms with Crippen LogP contribution in [-0.4, -0.2) is 23.1 Å². The molecule has 12 heavy (non-hydrogen) atoms. The number of hydrogen-bond acceptors (Lipinski definition) is 3. The summed E-state index contributed by atoms with van der Waals surface area (Å²) >= 11 is 0. The van der Waals surface area contributed by atoms with Gasteiger partial charge in [0.2, 0.25) is 5.95 Å². The van der Waals surface area contributed by atoms with Gasteiger partial charge in [0.25, 0.3) is 0 Å². The molecule has 62 valence electrons. The second-order valence-corrected chi connectivity index (χ2v) is 2.58. The fourth-order valence-corrected chi connectivity index (χ4v) is 1.11. The molecule has 1 aliphatic rings. The molecule has 0 aliphatic carbocycles. The molecule has 4 heteroatoms. The van der Waals surface area contributed by atoms with Crippen molar-refractivity contribution in [3.63, 3.8) is 0 Å². The summed E-state index contributed by atoms with van der Waals surface area (Å²) in [5, 5.41) is 0. The van der Waals surface area contributed by atoms with E-state index in [1.807, 2.05) is 17.1 Å². The minimum absolute atomic E-state index is 0.397. The molecule has 0 bridgehead atoms. The molecule has 1 aromatic rings. The van der Waals surface area contributed by atoms with Crippen LogP contribution in [0.3, 0.4) is 0 Å². The number of nitrogens with zero attached hydrogens (tertiary/aromatic N) is 3. The Kier molecular flexibility index (Phi) is 1.74. The maximum atomic E-state index is 12.4. The van der Waals surface area contributed by atoms with Gasteiger partial charge in [-0.25, -0.2) is 14.4 Å². The van der Waals surface area contributed by atoms with Crippen LogP contribution in [0.2, 0.25) is 0 Å². The second-order valence-electron chi connectivity index (χ2n) is 2.58. The Balaban J connectivity index is 2.18. The van der Waals surface area contributed by atoms with E-state index in [2.05, 4.69) is 9.97 Å². The van der Waals surface area contributed by atoms with Gasteiger partial charge < -0.3 is 4.90 Å². The molecule has 1 aliphatic heterocycles.